The van der Waals surface area contributed by atoms with Crippen LogP contribution in [0.3, 0.4) is 0 Å². The molecule has 0 radical (unpaired) electrons. The number of sulfone groups is 1. The van der Waals surface area contributed by atoms with Gasteiger partial charge in [-0.3, -0.25) is 4.79 Å². The number of nitrogens with one attached hydrogen (secondary N) is 1. The molecule has 2 aromatic rings. The first-order valence-corrected chi connectivity index (χ1v) is 10.4. The van der Waals surface area contributed by atoms with Crippen molar-refractivity contribution >= 4 is 21.8 Å². The van der Waals surface area contributed by atoms with Gasteiger partial charge in [-0.1, -0.05) is 50.2 Å². The summed E-state index contributed by atoms with van der Waals surface area (Å²) in [5.74, 6) is 0.281. The lowest BCUT2D eigenvalue weighted by molar-refractivity contribution is -0.117. The Kier molecular flexibility index (Phi) is 6.37. The maximum Gasteiger partial charge on any atom is 0.244 e. The fourth-order valence-electron chi connectivity index (χ4n) is 2.51. The van der Waals surface area contributed by atoms with E-state index in [2.05, 4.69) is 31.3 Å². The van der Waals surface area contributed by atoms with Crippen LogP contribution in [-0.4, -0.2) is 20.6 Å². The second-order valence-electron chi connectivity index (χ2n) is 6.73. The molecule has 0 aliphatic rings. The van der Waals surface area contributed by atoms with E-state index < -0.39 is 9.84 Å². The number of hydrogen-bond donors (Lipinski definition) is 1. The molecular formula is C21H25NO3S. The van der Waals surface area contributed by atoms with Gasteiger partial charge in [0.05, 0.1) is 10.9 Å². The average molecular weight is 372 g/mol. The van der Waals surface area contributed by atoms with Crippen LogP contribution >= 0.6 is 0 Å². The first-order valence-electron chi connectivity index (χ1n) is 8.55. The van der Waals surface area contributed by atoms with Crippen LogP contribution in [0.15, 0.2) is 59.5 Å². The lowest BCUT2D eigenvalue weighted by atomic mass is 10.0. The van der Waals surface area contributed by atoms with E-state index in [1.54, 1.807) is 30.3 Å². The first kappa shape index (κ1) is 19.9. The monoisotopic (exact) mass is 371 g/mol. The predicted octanol–water partition coefficient (Wildman–Crippen LogP) is 4.10. The van der Waals surface area contributed by atoms with Gasteiger partial charge in [-0.25, -0.2) is 8.42 Å². The predicted molar refractivity (Wildman–Crippen MR) is 106 cm³/mol. The Morgan fingerprint density at radius 2 is 1.46 bits per heavy atom. The third-order valence-electron chi connectivity index (χ3n) is 4.20. The van der Waals surface area contributed by atoms with Gasteiger partial charge in [0.1, 0.15) is 0 Å². The molecule has 4 nitrogen and oxygen atoms in total. The van der Waals surface area contributed by atoms with E-state index in [1.807, 2.05) is 19.1 Å². The van der Waals surface area contributed by atoms with E-state index in [4.69, 9.17) is 0 Å². The summed E-state index contributed by atoms with van der Waals surface area (Å²) in [6, 6.07) is 14.4. The molecule has 0 aliphatic carbocycles. The van der Waals surface area contributed by atoms with Crippen molar-refractivity contribution in [2.45, 2.75) is 37.6 Å². The van der Waals surface area contributed by atoms with Crippen LogP contribution in [-0.2, 0) is 14.6 Å². The molecule has 0 heterocycles. The lowest BCUT2D eigenvalue weighted by Crippen LogP contribution is -2.24. The largest absolute Gasteiger partial charge is 0.346 e. The summed E-state index contributed by atoms with van der Waals surface area (Å²) in [4.78, 5) is 12.4. The molecule has 0 spiro atoms. The molecule has 0 aliphatic heterocycles. The molecule has 0 fully saturated rings. The first-order chi connectivity index (χ1) is 12.2. The topological polar surface area (TPSA) is 63.2 Å². The van der Waals surface area contributed by atoms with Gasteiger partial charge in [-0.05, 0) is 47.7 Å². The smallest absolute Gasteiger partial charge is 0.244 e. The van der Waals surface area contributed by atoms with Gasteiger partial charge in [0, 0.05) is 12.3 Å². The average Bonchev–Trinajstić information content (AvgIpc) is 2.59. The fraction of sp³-hybridized carbons (Fsp3) is 0.286. The Labute approximate surface area is 155 Å². The highest BCUT2D eigenvalue weighted by Gasteiger charge is 2.10. The standard InChI is InChI=1S/C21H25NO3S/c1-15(2)18-8-5-17(6-9-18)7-14-21(23)22-16(3)19-10-12-20(13-11-19)26(4,24)25/h5-16H,1-4H3,(H,22,23)/b14-7+. The Balaban J connectivity index is 1.98. The van der Waals surface area contributed by atoms with Crippen molar-refractivity contribution < 1.29 is 13.2 Å². The zero-order valence-electron chi connectivity index (χ0n) is 15.6. The normalized spacial score (nSPS) is 13.1. The Bertz CT molecular complexity index is 880. The molecule has 1 unspecified atom stereocenters. The zero-order valence-corrected chi connectivity index (χ0v) is 16.4. The van der Waals surface area contributed by atoms with Crippen LogP contribution in [0.4, 0.5) is 0 Å². The minimum absolute atomic E-state index is 0.197. The molecule has 26 heavy (non-hydrogen) atoms. The molecule has 0 saturated carbocycles. The fourth-order valence-corrected chi connectivity index (χ4v) is 3.14. The van der Waals surface area contributed by atoms with Crippen molar-refractivity contribution in [3.63, 3.8) is 0 Å². The van der Waals surface area contributed by atoms with Crippen molar-refractivity contribution in [2.75, 3.05) is 6.26 Å². The maximum absolute atomic E-state index is 12.1. The Hall–Kier alpha value is -2.40. The highest BCUT2D eigenvalue weighted by molar-refractivity contribution is 7.90. The third kappa shape index (κ3) is 5.56. The van der Waals surface area contributed by atoms with Gasteiger partial charge in [0.2, 0.25) is 5.91 Å². The van der Waals surface area contributed by atoms with E-state index in [1.165, 1.54) is 17.9 Å². The minimum atomic E-state index is -3.21. The molecule has 0 aromatic heterocycles. The number of rotatable bonds is 6. The van der Waals surface area contributed by atoms with E-state index in [0.717, 1.165) is 11.1 Å². The summed E-state index contributed by atoms with van der Waals surface area (Å²) in [7, 11) is -3.21. The van der Waals surface area contributed by atoms with Crippen LogP contribution in [0.5, 0.6) is 0 Å². The quantitative estimate of drug-likeness (QED) is 0.778. The van der Waals surface area contributed by atoms with Crippen LogP contribution in [0.1, 0.15) is 49.4 Å². The summed E-state index contributed by atoms with van der Waals surface area (Å²) >= 11 is 0. The van der Waals surface area contributed by atoms with Crippen LogP contribution < -0.4 is 5.32 Å². The molecule has 5 heteroatoms. The molecule has 0 saturated heterocycles. The van der Waals surface area contributed by atoms with E-state index in [0.29, 0.717) is 5.92 Å². The summed E-state index contributed by atoms with van der Waals surface area (Å²) in [6.07, 6.45) is 4.45. The molecular weight excluding hydrogens is 346 g/mol. The second kappa shape index (κ2) is 8.32. The lowest BCUT2D eigenvalue weighted by Gasteiger charge is -2.13. The Morgan fingerprint density at radius 3 is 1.96 bits per heavy atom. The number of amides is 1. The molecule has 1 atom stereocenters. The SMILES string of the molecule is CC(C)c1ccc(/C=C/C(=O)NC(C)c2ccc(S(C)(=O)=O)cc2)cc1. The van der Waals surface area contributed by atoms with Gasteiger partial charge in [0.25, 0.3) is 0 Å². The van der Waals surface area contributed by atoms with Crippen LogP contribution in [0.2, 0.25) is 0 Å². The zero-order chi connectivity index (χ0) is 19.3. The molecule has 0 bridgehead atoms. The highest BCUT2D eigenvalue weighted by atomic mass is 32.2. The van der Waals surface area contributed by atoms with Gasteiger partial charge in [0.15, 0.2) is 9.84 Å². The van der Waals surface area contributed by atoms with Gasteiger partial charge < -0.3 is 5.32 Å². The summed E-state index contributed by atoms with van der Waals surface area (Å²) in [5, 5.41) is 2.88. The Morgan fingerprint density at radius 1 is 0.923 bits per heavy atom. The van der Waals surface area contributed by atoms with Gasteiger partial charge >= 0.3 is 0 Å². The minimum Gasteiger partial charge on any atom is -0.346 e. The summed E-state index contributed by atoms with van der Waals surface area (Å²) < 4.78 is 23.0. The van der Waals surface area contributed by atoms with E-state index in [9.17, 15) is 13.2 Å². The molecule has 2 aromatic carbocycles. The molecule has 2 rings (SSSR count). The van der Waals surface area contributed by atoms with Crippen molar-refractivity contribution in [1.82, 2.24) is 5.32 Å². The second-order valence-corrected chi connectivity index (χ2v) is 8.74. The number of carbonyl (C=O) groups excluding carboxylic acids is 1. The van der Waals surface area contributed by atoms with Crippen molar-refractivity contribution in [2.24, 2.45) is 0 Å². The van der Waals surface area contributed by atoms with Gasteiger partial charge in [-0.15, -0.1) is 0 Å². The molecule has 138 valence electrons. The van der Waals surface area contributed by atoms with Crippen LogP contribution in [0.25, 0.3) is 6.08 Å². The molecule has 1 N–H and O–H groups in total. The maximum atomic E-state index is 12.1. The number of carbonyl (C=O) groups is 1. The number of benzene rings is 2. The molecule has 1 amide bonds. The van der Waals surface area contributed by atoms with Crippen LogP contribution in [0, 0.1) is 0 Å². The summed E-state index contributed by atoms with van der Waals surface area (Å²) in [5.41, 5.74) is 3.08. The number of hydrogen-bond acceptors (Lipinski definition) is 3. The van der Waals surface area contributed by atoms with Crippen molar-refractivity contribution in [1.29, 1.82) is 0 Å². The van der Waals surface area contributed by atoms with E-state index in [-0.39, 0.29) is 16.8 Å². The van der Waals surface area contributed by atoms with Gasteiger partial charge in [-0.2, -0.15) is 0 Å². The summed E-state index contributed by atoms with van der Waals surface area (Å²) in [6.45, 7) is 6.14. The highest BCUT2D eigenvalue weighted by Crippen LogP contribution is 2.17. The van der Waals surface area contributed by atoms with Crippen molar-refractivity contribution in [3.8, 4) is 0 Å². The third-order valence-corrected chi connectivity index (χ3v) is 5.33. The van der Waals surface area contributed by atoms with Crippen molar-refractivity contribution in [3.05, 3.63) is 71.3 Å². The van der Waals surface area contributed by atoms with E-state index >= 15 is 0 Å².